The van der Waals surface area contributed by atoms with Crippen molar-refractivity contribution < 1.29 is 4.79 Å². The lowest BCUT2D eigenvalue weighted by atomic mass is 10.1. The second-order valence-corrected chi connectivity index (χ2v) is 6.28. The predicted octanol–water partition coefficient (Wildman–Crippen LogP) is 3.51. The minimum Gasteiger partial charge on any atom is -0.273 e. The summed E-state index contributed by atoms with van der Waals surface area (Å²) in [6.45, 7) is 2.04. The van der Waals surface area contributed by atoms with Crippen LogP contribution in [0.2, 0.25) is 0 Å². The minimum atomic E-state index is -0.119. The molecule has 98 valence electrons. The summed E-state index contributed by atoms with van der Waals surface area (Å²) < 4.78 is 1.00. The number of halogens is 1. The summed E-state index contributed by atoms with van der Waals surface area (Å²) in [5.74, 6) is -0.119. The molecule has 0 atom stereocenters. The second-order valence-electron chi connectivity index (χ2n) is 4.04. The lowest BCUT2D eigenvalue weighted by Crippen LogP contribution is -2.19. The first kappa shape index (κ1) is 14.0. The molecule has 0 unspecified atom stereocenters. The number of aryl methyl sites for hydroxylation is 1. The molecule has 3 nitrogen and oxygen atoms in total. The van der Waals surface area contributed by atoms with Gasteiger partial charge in [-0.2, -0.15) is 5.10 Å². The van der Waals surface area contributed by atoms with Gasteiger partial charge in [-0.1, -0.05) is 28.1 Å². The minimum absolute atomic E-state index is 0.119. The molecule has 5 heteroatoms. The molecule has 0 bridgehead atoms. The first-order chi connectivity index (χ1) is 9.13. The molecule has 0 spiro atoms. The summed E-state index contributed by atoms with van der Waals surface area (Å²) in [6.07, 6.45) is 1.99. The van der Waals surface area contributed by atoms with Gasteiger partial charge >= 0.3 is 0 Å². The van der Waals surface area contributed by atoms with Crippen LogP contribution in [0.1, 0.15) is 15.3 Å². The van der Waals surface area contributed by atoms with Crippen molar-refractivity contribution in [3.63, 3.8) is 0 Å². The lowest BCUT2D eigenvalue weighted by molar-refractivity contribution is -0.120. The summed E-state index contributed by atoms with van der Waals surface area (Å²) in [5, 5.41) is 3.95. The van der Waals surface area contributed by atoms with Crippen LogP contribution in [0.3, 0.4) is 0 Å². The van der Waals surface area contributed by atoms with Crippen LogP contribution in [0, 0.1) is 6.92 Å². The standard InChI is InChI=1S/C14H13BrN2OS/c1-10-2-7-13(19-10)9-16-17-14(18)8-11-3-5-12(15)6-4-11/h2-7,9H,8H2,1H3,(H,17,18)/b16-9-. The Kier molecular flexibility index (Phi) is 4.87. The quantitative estimate of drug-likeness (QED) is 0.673. The second kappa shape index (κ2) is 6.63. The monoisotopic (exact) mass is 336 g/mol. The summed E-state index contributed by atoms with van der Waals surface area (Å²) in [4.78, 5) is 13.9. The predicted molar refractivity (Wildman–Crippen MR) is 82.6 cm³/mol. The molecule has 1 N–H and O–H groups in total. The number of benzene rings is 1. The number of hydrogen-bond donors (Lipinski definition) is 1. The average Bonchev–Trinajstić information content (AvgIpc) is 2.78. The van der Waals surface area contributed by atoms with Crippen molar-refractivity contribution in [3.05, 3.63) is 56.2 Å². The number of hydrogen-bond acceptors (Lipinski definition) is 3. The average molecular weight is 337 g/mol. The smallest absolute Gasteiger partial charge is 0.244 e. The Labute approximate surface area is 124 Å². The molecule has 0 aliphatic carbocycles. The number of hydrazone groups is 1. The fourth-order valence-corrected chi connectivity index (χ4v) is 2.53. The Morgan fingerprint density at radius 1 is 1.32 bits per heavy atom. The maximum atomic E-state index is 11.7. The van der Waals surface area contributed by atoms with Gasteiger partial charge in [-0.15, -0.1) is 11.3 Å². The lowest BCUT2D eigenvalue weighted by Gasteiger charge is -2.00. The Morgan fingerprint density at radius 3 is 2.68 bits per heavy atom. The van der Waals surface area contributed by atoms with E-state index in [2.05, 4.69) is 26.5 Å². The zero-order chi connectivity index (χ0) is 13.7. The van der Waals surface area contributed by atoms with E-state index in [1.54, 1.807) is 17.6 Å². The highest BCUT2D eigenvalue weighted by atomic mass is 79.9. The summed E-state index contributed by atoms with van der Waals surface area (Å²) >= 11 is 5.00. The number of amides is 1. The Balaban J connectivity index is 1.84. The molecule has 0 saturated carbocycles. The van der Waals surface area contributed by atoms with Crippen LogP contribution in [-0.4, -0.2) is 12.1 Å². The third kappa shape index (κ3) is 4.61. The van der Waals surface area contributed by atoms with E-state index >= 15 is 0 Å². The maximum Gasteiger partial charge on any atom is 0.244 e. The third-order valence-corrected chi connectivity index (χ3v) is 3.88. The number of thiophene rings is 1. The largest absolute Gasteiger partial charge is 0.273 e. The van der Waals surface area contributed by atoms with Gasteiger partial charge in [0.15, 0.2) is 0 Å². The molecule has 19 heavy (non-hydrogen) atoms. The molecule has 1 aromatic carbocycles. The Bertz CT molecular complexity index is 590. The number of carbonyl (C=O) groups excluding carboxylic acids is 1. The van der Waals surface area contributed by atoms with Crippen LogP contribution in [0.5, 0.6) is 0 Å². The van der Waals surface area contributed by atoms with Crippen LogP contribution in [-0.2, 0) is 11.2 Å². The van der Waals surface area contributed by atoms with Gasteiger partial charge in [0.25, 0.3) is 0 Å². The number of nitrogens with one attached hydrogen (secondary N) is 1. The molecular formula is C14H13BrN2OS. The van der Waals surface area contributed by atoms with Gasteiger partial charge in [0.2, 0.25) is 5.91 Å². The van der Waals surface area contributed by atoms with Gasteiger partial charge in [-0.05, 0) is 36.8 Å². The Hall–Kier alpha value is -1.46. The zero-order valence-electron chi connectivity index (χ0n) is 10.4. The third-order valence-electron chi connectivity index (χ3n) is 2.42. The van der Waals surface area contributed by atoms with Gasteiger partial charge in [-0.25, -0.2) is 5.43 Å². The molecule has 0 saturated heterocycles. The molecule has 2 aromatic rings. The van der Waals surface area contributed by atoms with Gasteiger partial charge in [0.05, 0.1) is 12.6 Å². The van der Waals surface area contributed by atoms with Crippen LogP contribution in [0.15, 0.2) is 46.0 Å². The van der Waals surface area contributed by atoms with Crippen LogP contribution >= 0.6 is 27.3 Å². The first-order valence-electron chi connectivity index (χ1n) is 5.76. The van der Waals surface area contributed by atoms with Crippen molar-refractivity contribution in [2.24, 2.45) is 5.10 Å². The molecule has 1 amide bonds. The molecule has 0 radical (unpaired) electrons. The molecule has 0 aliphatic rings. The molecule has 0 aliphatic heterocycles. The van der Waals surface area contributed by atoms with Crippen molar-refractivity contribution in [1.29, 1.82) is 0 Å². The van der Waals surface area contributed by atoms with Crippen LogP contribution in [0.4, 0.5) is 0 Å². The summed E-state index contributed by atoms with van der Waals surface area (Å²) in [5.41, 5.74) is 3.49. The molecule has 1 heterocycles. The SMILES string of the molecule is Cc1ccc(/C=N\NC(=O)Cc2ccc(Br)cc2)s1. The van der Waals surface area contributed by atoms with E-state index in [-0.39, 0.29) is 5.91 Å². The van der Waals surface area contributed by atoms with Gasteiger partial charge in [-0.3, -0.25) is 4.79 Å². The van der Waals surface area contributed by atoms with E-state index in [9.17, 15) is 4.79 Å². The molecular weight excluding hydrogens is 324 g/mol. The molecule has 2 rings (SSSR count). The molecule has 1 aromatic heterocycles. The summed E-state index contributed by atoms with van der Waals surface area (Å²) in [6, 6.07) is 11.7. The van der Waals surface area contributed by atoms with Crippen molar-refractivity contribution in [2.45, 2.75) is 13.3 Å². The van der Waals surface area contributed by atoms with Crippen molar-refractivity contribution in [3.8, 4) is 0 Å². The maximum absolute atomic E-state index is 11.7. The number of rotatable bonds is 4. The van der Waals surface area contributed by atoms with Gasteiger partial charge in [0, 0.05) is 14.2 Å². The fraction of sp³-hybridized carbons (Fsp3) is 0.143. The number of carbonyl (C=O) groups is 1. The van der Waals surface area contributed by atoms with Crippen molar-refractivity contribution in [2.75, 3.05) is 0 Å². The van der Waals surface area contributed by atoms with Crippen molar-refractivity contribution >= 4 is 39.4 Å². The highest BCUT2D eigenvalue weighted by Gasteiger charge is 2.01. The fourth-order valence-electron chi connectivity index (χ4n) is 1.52. The van der Waals surface area contributed by atoms with Gasteiger partial charge < -0.3 is 0 Å². The van der Waals surface area contributed by atoms with E-state index in [1.165, 1.54) is 4.88 Å². The van der Waals surface area contributed by atoms with Crippen molar-refractivity contribution in [1.82, 2.24) is 5.43 Å². The van der Waals surface area contributed by atoms with Gasteiger partial charge in [0.1, 0.15) is 0 Å². The van der Waals surface area contributed by atoms with E-state index in [0.29, 0.717) is 6.42 Å². The van der Waals surface area contributed by atoms with Crippen LogP contribution < -0.4 is 5.43 Å². The highest BCUT2D eigenvalue weighted by Crippen LogP contribution is 2.12. The van der Waals surface area contributed by atoms with E-state index in [1.807, 2.05) is 43.3 Å². The number of nitrogens with zero attached hydrogens (tertiary/aromatic N) is 1. The van der Waals surface area contributed by atoms with E-state index < -0.39 is 0 Å². The zero-order valence-corrected chi connectivity index (χ0v) is 12.8. The Morgan fingerprint density at radius 2 is 2.05 bits per heavy atom. The topological polar surface area (TPSA) is 41.5 Å². The summed E-state index contributed by atoms with van der Waals surface area (Å²) in [7, 11) is 0. The molecule has 0 fully saturated rings. The first-order valence-corrected chi connectivity index (χ1v) is 7.37. The van der Waals surface area contributed by atoms with E-state index in [4.69, 9.17) is 0 Å². The van der Waals surface area contributed by atoms with Crippen LogP contribution in [0.25, 0.3) is 0 Å². The highest BCUT2D eigenvalue weighted by molar-refractivity contribution is 9.10. The van der Waals surface area contributed by atoms with E-state index in [0.717, 1.165) is 14.9 Å². The normalized spacial score (nSPS) is 10.8.